The lowest BCUT2D eigenvalue weighted by molar-refractivity contribution is -0.145. The van der Waals surface area contributed by atoms with E-state index in [4.69, 9.17) is 0 Å². The summed E-state index contributed by atoms with van der Waals surface area (Å²) in [7, 11) is 4.06. The Morgan fingerprint density at radius 2 is 1.95 bits per heavy atom. The predicted octanol–water partition coefficient (Wildman–Crippen LogP) is 3.03. The van der Waals surface area contributed by atoms with Gasteiger partial charge in [-0.25, -0.2) is 0 Å². The number of hydrogen-bond acceptors (Lipinski definition) is 2. The summed E-state index contributed by atoms with van der Waals surface area (Å²) in [4.78, 5) is 13.9. The maximum atomic E-state index is 11.8. The molecule has 0 atom stereocenters. The molecule has 1 aromatic rings. The lowest BCUT2D eigenvalue weighted by atomic mass is 9.69. The Kier molecular flexibility index (Phi) is 4.25. The van der Waals surface area contributed by atoms with Crippen LogP contribution in [0.1, 0.15) is 43.2 Å². The van der Waals surface area contributed by atoms with Crippen LogP contribution in [0.15, 0.2) is 24.3 Å². The molecule has 1 fully saturated rings. The minimum Gasteiger partial charge on any atom is -0.481 e. The second-order valence-corrected chi connectivity index (χ2v) is 5.89. The van der Waals surface area contributed by atoms with Gasteiger partial charge in [0.25, 0.3) is 0 Å². The summed E-state index contributed by atoms with van der Waals surface area (Å²) in [6.07, 6.45) is 4.74. The Hall–Kier alpha value is -1.35. The van der Waals surface area contributed by atoms with E-state index < -0.39 is 11.4 Å². The van der Waals surface area contributed by atoms with E-state index in [1.807, 2.05) is 26.2 Å². The van der Waals surface area contributed by atoms with Gasteiger partial charge in [-0.05, 0) is 38.1 Å². The van der Waals surface area contributed by atoms with Crippen LogP contribution >= 0.6 is 0 Å². The first-order valence-electron chi connectivity index (χ1n) is 7.02. The molecule has 19 heavy (non-hydrogen) atoms. The summed E-state index contributed by atoms with van der Waals surface area (Å²) in [6, 6.07) is 8.13. The molecule has 0 aliphatic heterocycles. The zero-order chi connectivity index (χ0) is 13.9. The van der Waals surface area contributed by atoms with E-state index in [-0.39, 0.29) is 0 Å². The van der Waals surface area contributed by atoms with Gasteiger partial charge in [-0.1, -0.05) is 43.5 Å². The summed E-state index contributed by atoms with van der Waals surface area (Å²) in [6.45, 7) is 0.851. The highest BCUT2D eigenvalue weighted by atomic mass is 16.4. The SMILES string of the molecule is CN(C)Cc1cccc(C2(C(=O)O)CCCCC2)c1. The number of nitrogens with zero attached hydrogens (tertiary/aromatic N) is 1. The molecule has 1 aromatic carbocycles. The number of carbonyl (C=O) groups is 1. The highest BCUT2D eigenvalue weighted by Crippen LogP contribution is 2.40. The minimum atomic E-state index is -0.658. The number of carboxylic acids is 1. The second-order valence-electron chi connectivity index (χ2n) is 5.89. The van der Waals surface area contributed by atoms with E-state index in [1.165, 1.54) is 5.56 Å². The van der Waals surface area contributed by atoms with Crippen molar-refractivity contribution in [3.63, 3.8) is 0 Å². The average Bonchev–Trinajstić information content (AvgIpc) is 2.39. The van der Waals surface area contributed by atoms with Crippen LogP contribution in [0.25, 0.3) is 0 Å². The molecule has 0 radical (unpaired) electrons. The van der Waals surface area contributed by atoms with Crippen LogP contribution in [0.5, 0.6) is 0 Å². The summed E-state index contributed by atoms with van der Waals surface area (Å²) >= 11 is 0. The fraction of sp³-hybridized carbons (Fsp3) is 0.562. The zero-order valence-corrected chi connectivity index (χ0v) is 11.9. The molecule has 0 saturated heterocycles. The first kappa shape index (κ1) is 14.1. The molecule has 0 aromatic heterocycles. The van der Waals surface area contributed by atoms with Gasteiger partial charge in [-0.2, -0.15) is 0 Å². The van der Waals surface area contributed by atoms with E-state index >= 15 is 0 Å². The smallest absolute Gasteiger partial charge is 0.314 e. The van der Waals surface area contributed by atoms with E-state index in [9.17, 15) is 9.90 Å². The van der Waals surface area contributed by atoms with Gasteiger partial charge < -0.3 is 10.0 Å². The Balaban J connectivity index is 2.34. The minimum absolute atomic E-state index is 0.652. The van der Waals surface area contributed by atoms with Gasteiger partial charge in [-0.3, -0.25) is 4.79 Å². The molecule has 0 bridgehead atoms. The molecular formula is C16H23NO2. The van der Waals surface area contributed by atoms with Crippen LogP contribution in [0, 0.1) is 0 Å². The van der Waals surface area contributed by atoms with Gasteiger partial charge >= 0.3 is 5.97 Å². The van der Waals surface area contributed by atoms with E-state index in [0.29, 0.717) is 0 Å². The largest absolute Gasteiger partial charge is 0.481 e. The first-order valence-corrected chi connectivity index (χ1v) is 7.02. The van der Waals surface area contributed by atoms with Crippen LogP contribution in [0.3, 0.4) is 0 Å². The third-order valence-corrected chi connectivity index (χ3v) is 4.09. The van der Waals surface area contributed by atoms with Crippen LogP contribution in [-0.4, -0.2) is 30.1 Å². The van der Waals surface area contributed by atoms with Crippen LogP contribution in [-0.2, 0) is 16.8 Å². The third kappa shape index (κ3) is 2.98. The van der Waals surface area contributed by atoms with E-state index in [0.717, 1.165) is 44.2 Å². The molecule has 0 amide bonds. The van der Waals surface area contributed by atoms with E-state index in [2.05, 4.69) is 17.0 Å². The normalized spacial score (nSPS) is 18.5. The maximum absolute atomic E-state index is 11.8. The molecule has 1 saturated carbocycles. The Morgan fingerprint density at radius 3 is 2.53 bits per heavy atom. The lowest BCUT2D eigenvalue weighted by Gasteiger charge is -2.34. The number of carboxylic acid groups (broad SMARTS) is 1. The Bertz CT molecular complexity index is 448. The highest BCUT2D eigenvalue weighted by molar-refractivity contribution is 5.81. The van der Waals surface area contributed by atoms with Crippen molar-refractivity contribution in [2.45, 2.75) is 44.1 Å². The van der Waals surface area contributed by atoms with Crippen molar-refractivity contribution in [2.24, 2.45) is 0 Å². The monoisotopic (exact) mass is 261 g/mol. The van der Waals surface area contributed by atoms with Crippen molar-refractivity contribution in [2.75, 3.05) is 14.1 Å². The van der Waals surface area contributed by atoms with Crippen molar-refractivity contribution in [3.8, 4) is 0 Å². The number of rotatable bonds is 4. The topological polar surface area (TPSA) is 40.5 Å². The summed E-state index contributed by atoms with van der Waals surface area (Å²) in [5.41, 5.74) is 1.52. The van der Waals surface area contributed by atoms with Crippen LogP contribution < -0.4 is 0 Å². The molecule has 1 N–H and O–H groups in total. The highest BCUT2D eigenvalue weighted by Gasteiger charge is 2.41. The molecule has 104 valence electrons. The summed E-state index contributed by atoms with van der Waals surface area (Å²) < 4.78 is 0. The number of hydrogen-bond donors (Lipinski definition) is 1. The van der Waals surface area contributed by atoms with Gasteiger partial charge in [0.15, 0.2) is 0 Å². The maximum Gasteiger partial charge on any atom is 0.314 e. The fourth-order valence-electron chi connectivity index (χ4n) is 3.11. The molecular weight excluding hydrogens is 238 g/mol. The number of aliphatic carboxylic acids is 1. The van der Waals surface area contributed by atoms with Crippen molar-refractivity contribution in [1.29, 1.82) is 0 Å². The van der Waals surface area contributed by atoms with Crippen molar-refractivity contribution in [1.82, 2.24) is 4.90 Å². The standard InChI is InChI=1S/C16H23NO2/c1-17(2)12-13-7-6-8-14(11-13)16(15(18)19)9-4-3-5-10-16/h6-8,11H,3-5,9-10,12H2,1-2H3,(H,18,19). The average molecular weight is 261 g/mol. The summed E-state index contributed by atoms with van der Waals surface area (Å²) in [5, 5.41) is 9.70. The molecule has 0 heterocycles. The quantitative estimate of drug-likeness (QED) is 0.905. The first-order chi connectivity index (χ1) is 9.04. The number of benzene rings is 1. The van der Waals surface area contributed by atoms with E-state index in [1.54, 1.807) is 0 Å². The van der Waals surface area contributed by atoms with Gasteiger partial charge in [0.05, 0.1) is 5.41 Å². The van der Waals surface area contributed by atoms with Crippen molar-refractivity contribution >= 4 is 5.97 Å². The summed E-state index contributed by atoms with van der Waals surface area (Å²) in [5.74, 6) is -0.658. The molecule has 3 heteroatoms. The molecule has 1 aliphatic carbocycles. The van der Waals surface area contributed by atoms with Crippen molar-refractivity contribution in [3.05, 3.63) is 35.4 Å². The van der Waals surface area contributed by atoms with Gasteiger partial charge in [-0.15, -0.1) is 0 Å². The van der Waals surface area contributed by atoms with Crippen LogP contribution in [0.4, 0.5) is 0 Å². The molecule has 1 aliphatic rings. The lowest BCUT2D eigenvalue weighted by Crippen LogP contribution is -2.37. The van der Waals surface area contributed by atoms with Gasteiger partial charge in [0.1, 0.15) is 0 Å². The van der Waals surface area contributed by atoms with Gasteiger partial charge in [0.2, 0.25) is 0 Å². The molecule has 2 rings (SSSR count). The second kappa shape index (κ2) is 5.74. The van der Waals surface area contributed by atoms with Crippen molar-refractivity contribution < 1.29 is 9.90 Å². The van der Waals surface area contributed by atoms with Gasteiger partial charge in [0, 0.05) is 6.54 Å². The Labute approximate surface area is 115 Å². The predicted molar refractivity (Wildman–Crippen MR) is 76.2 cm³/mol. The molecule has 0 unspecified atom stereocenters. The zero-order valence-electron chi connectivity index (χ0n) is 11.9. The van der Waals surface area contributed by atoms with Crippen LogP contribution in [0.2, 0.25) is 0 Å². The fourth-order valence-corrected chi connectivity index (χ4v) is 3.11. The Morgan fingerprint density at radius 1 is 1.26 bits per heavy atom. The molecule has 0 spiro atoms. The molecule has 3 nitrogen and oxygen atoms in total. The third-order valence-electron chi connectivity index (χ3n) is 4.09.